The highest BCUT2D eigenvalue weighted by Crippen LogP contribution is 2.27. The maximum absolute atomic E-state index is 12.3. The van der Waals surface area contributed by atoms with Gasteiger partial charge in [0.15, 0.2) is 11.5 Å². The van der Waals surface area contributed by atoms with Crippen LogP contribution in [-0.4, -0.2) is 41.5 Å². The quantitative estimate of drug-likeness (QED) is 0.598. The van der Waals surface area contributed by atoms with Crippen LogP contribution in [0.1, 0.15) is 20.7 Å². The Kier molecular flexibility index (Phi) is 6.84. The Morgan fingerprint density at radius 1 is 0.929 bits per heavy atom. The van der Waals surface area contributed by atoms with Gasteiger partial charge in [0.05, 0.1) is 29.7 Å². The van der Waals surface area contributed by atoms with Crippen LogP contribution in [0.4, 0.5) is 0 Å². The highest BCUT2D eigenvalue weighted by atomic mass is 35.5. The van der Waals surface area contributed by atoms with E-state index in [9.17, 15) is 18.0 Å². The second kappa shape index (κ2) is 8.91. The number of amides is 2. The normalized spacial score (nSPS) is 10.9. The molecule has 0 saturated carbocycles. The number of carbonyl (C=O) groups is 2. The number of ether oxygens (including phenoxy) is 2. The predicted octanol–water partition coefficient (Wildman–Crippen LogP) is 1.34. The zero-order chi connectivity index (χ0) is 20.9. The van der Waals surface area contributed by atoms with Crippen molar-refractivity contribution in [3.8, 4) is 11.5 Å². The Labute approximate surface area is 167 Å². The molecule has 0 unspecified atom stereocenters. The summed E-state index contributed by atoms with van der Waals surface area (Å²) >= 11 is 5.97. The zero-order valence-corrected chi connectivity index (χ0v) is 16.8. The number of benzene rings is 2. The largest absolute Gasteiger partial charge is 0.493 e. The van der Waals surface area contributed by atoms with E-state index in [4.69, 9.17) is 21.1 Å². The summed E-state index contributed by atoms with van der Waals surface area (Å²) in [5.41, 5.74) is 4.50. The molecule has 150 valence electrons. The first-order valence-electron chi connectivity index (χ1n) is 7.79. The van der Waals surface area contributed by atoms with E-state index in [1.54, 1.807) is 6.07 Å². The fourth-order valence-electron chi connectivity index (χ4n) is 2.19. The Morgan fingerprint density at radius 3 is 2.18 bits per heavy atom. The van der Waals surface area contributed by atoms with Crippen molar-refractivity contribution in [2.24, 2.45) is 0 Å². The van der Waals surface area contributed by atoms with Crippen molar-refractivity contribution in [2.45, 2.75) is 4.90 Å². The molecule has 2 aromatic carbocycles. The molecule has 28 heavy (non-hydrogen) atoms. The lowest BCUT2D eigenvalue weighted by Gasteiger charge is -2.12. The molecule has 2 rings (SSSR count). The monoisotopic (exact) mass is 427 g/mol. The lowest BCUT2D eigenvalue weighted by atomic mass is 10.2. The summed E-state index contributed by atoms with van der Waals surface area (Å²) in [5.74, 6) is -0.622. The summed E-state index contributed by atoms with van der Waals surface area (Å²) < 4.78 is 36.1. The van der Waals surface area contributed by atoms with Gasteiger partial charge >= 0.3 is 0 Å². The van der Waals surface area contributed by atoms with Crippen molar-refractivity contribution >= 4 is 33.4 Å². The smallest absolute Gasteiger partial charge is 0.271 e. The number of hydrogen-bond acceptors (Lipinski definition) is 6. The van der Waals surface area contributed by atoms with Gasteiger partial charge in [-0.25, -0.2) is 13.1 Å². The fourth-order valence-corrected chi connectivity index (χ4v) is 3.15. The van der Waals surface area contributed by atoms with E-state index in [1.165, 1.54) is 45.5 Å². The highest BCUT2D eigenvalue weighted by molar-refractivity contribution is 7.89. The number of carbonyl (C=O) groups excluding carboxylic acids is 2. The van der Waals surface area contributed by atoms with E-state index < -0.39 is 21.8 Å². The molecule has 0 radical (unpaired) electrons. The maximum Gasteiger partial charge on any atom is 0.271 e. The van der Waals surface area contributed by atoms with Crippen molar-refractivity contribution in [1.29, 1.82) is 0 Å². The Balaban J connectivity index is 2.16. The number of hydrogen-bond donors (Lipinski definition) is 3. The van der Waals surface area contributed by atoms with Crippen LogP contribution in [0.25, 0.3) is 0 Å². The average molecular weight is 428 g/mol. The SMILES string of the molecule is CNS(=O)(=O)c1ccc(Cl)c(C(=O)NNC(=O)c2ccc(OC)c(OC)c2)c1. The molecule has 11 heteroatoms. The zero-order valence-electron chi connectivity index (χ0n) is 15.2. The Morgan fingerprint density at radius 2 is 1.57 bits per heavy atom. The van der Waals surface area contributed by atoms with Crippen molar-refractivity contribution < 1.29 is 27.5 Å². The summed E-state index contributed by atoms with van der Waals surface area (Å²) in [4.78, 5) is 24.4. The number of nitrogens with one attached hydrogen (secondary N) is 3. The molecule has 9 nitrogen and oxygen atoms in total. The second-order valence-electron chi connectivity index (χ2n) is 5.33. The molecule has 0 aliphatic rings. The molecule has 0 spiro atoms. The summed E-state index contributed by atoms with van der Waals surface area (Å²) in [5, 5.41) is 0.0212. The minimum atomic E-state index is -3.76. The summed E-state index contributed by atoms with van der Waals surface area (Å²) in [6.45, 7) is 0. The van der Waals surface area contributed by atoms with E-state index in [1.807, 2.05) is 0 Å². The van der Waals surface area contributed by atoms with Gasteiger partial charge in [0.25, 0.3) is 11.8 Å². The first-order valence-corrected chi connectivity index (χ1v) is 9.65. The molecule has 0 aliphatic carbocycles. The summed E-state index contributed by atoms with van der Waals surface area (Å²) in [7, 11) is 0.370. The molecule has 0 aromatic heterocycles. The van der Waals surface area contributed by atoms with Crippen LogP contribution in [0.3, 0.4) is 0 Å². The van der Waals surface area contributed by atoms with Gasteiger partial charge in [-0.2, -0.15) is 0 Å². The number of methoxy groups -OCH3 is 2. The summed E-state index contributed by atoms with van der Waals surface area (Å²) in [6.07, 6.45) is 0. The number of halogens is 1. The van der Waals surface area contributed by atoms with Crippen LogP contribution in [-0.2, 0) is 10.0 Å². The molecular weight excluding hydrogens is 410 g/mol. The van der Waals surface area contributed by atoms with E-state index >= 15 is 0 Å². The van der Waals surface area contributed by atoms with Crippen molar-refractivity contribution in [3.63, 3.8) is 0 Å². The van der Waals surface area contributed by atoms with E-state index in [2.05, 4.69) is 15.6 Å². The average Bonchev–Trinajstić information content (AvgIpc) is 2.71. The van der Waals surface area contributed by atoms with Gasteiger partial charge in [-0.1, -0.05) is 11.6 Å². The van der Waals surface area contributed by atoms with Crippen LogP contribution in [0.15, 0.2) is 41.3 Å². The lowest BCUT2D eigenvalue weighted by Crippen LogP contribution is -2.41. The molecule has 0 fully saturated rings. The van der Waals surface area contributed by atoms with E-state index in [0.29, 0.717) is 11.5 Å². The molecule has 0 saturated heterocycles. The topological polar surface area (TPSA) is 123 Å². The van der Waals surface area contributed by atoms with E-state index in [-0.39, 0.29) is 21.0 Å². The molecule has 2 aromatic rings. The fraction of sp³-hybridized carbons (Fsp3) is 0.176. The molecule has 2 amide bonds. The van der Waals surface area contributed by atoms with Gasteiger partial charge in [-0.3, -0.25) is 20.4 Å². The first kappa shape index (κ1) is 21.5. The molecular formula is C17H18ClN3O6S. The van der Waals surface area contributed by atoms with Crippen LogP contribution in [0.5, 0.6) is 11.5 Å². The van der Waals surface area contributed by atoms with Crippen molar-refractivity contribution in [3.05, 3.63) is 52.5 Å². The molecule has 0 aliphatic heterocycles. The third kappa shape index (κ3) is 4.71. The second-order valence-corrected chi connectivity index (χ2v) is 7.62. The molecule has 0 bridgehead atoms. The van der Waals surface area contributed by atoms with Crippen LogP contribution in [0, 0.1) is 0 Å². The van der Waals surface area contributed by atoms with Gasteiger partial charge in [-0.05, 0) is 43.4 Å². The van der Waals surface area contributed by atoms with Gasteiger partial charge < -0.3 is 9.47 Å². The van der Waals surface area contributed by atoms with Crippen LogP contribution in [0.2, 0.25) is 5.02 Å². The Hall–Kier alpha value is -2.82. The minimum absolute atomic E-state index is 0.0212. The van der Waals surface area contributed by atoms with Gasteiger partial charge in [0.1, 0.15) is 0 Å². The van der Waals surface area contributed by atoms with Crippen LogP contribution >= 0.6 is 11.6 Å². The first-order chi connectivity index (χ1) is 13.2. The third-order valence-corrected chi connectivity index (χ3v) is 5.44. The molecule has 3 N–H and O–H groups in total. The number of hydrazine groups is 1. The van der Waals surface area contributed by atoms with Crippen molar-refractivity contribution in [1.82, 2.24) is 15.6 Å². The highest BCUT2D eigenvalue weighted by Gasteiger charge is 2.18. The number of rotatable bonds is 6. The van der Waals surface area contributed by atoms with Crippen LogP contribution < -0.4 is 25.0 Å². The minimum Gasteiger partial charge on any atom is -0.493 e. The lowest BCUT2D eigenvalue weighted by molar-refractivity contribution is 0.0846. The standard InChI is InChI=1S/C17H18ClN3O6S/c1-19-28(24,25)11-5-6-13(18)12(9-11)17(23)21-20-16(22)10-4-7-14(26-2)15(8-10)27-3/h4-9,19H,1-3H3,(H,20,22)(H,21,23). The van der Waals surface area contributed by atoms with E-state index in [0.717, 1.165) is 6.07 Å². The molecule has 0 heterocycles. The van der Waals surface area contributed by atoms with Gasteiger partial charge in [0, 0.05) is 5.56 Å². The van der Waals surface area contributed by atoms with Crippen molar-refractivity contribution in [2.75, 3.05) is 21.3 Å². The number of sulfonamides is 1. The molecule has 0 atom stereocenters. The van der Waals surface area contributed by atoms with Gasteiger partial charge in [-0.15, -0.1) is 0 Å². The summed E-state index contributed by atoms with van der Waals surface area (Å²) in [6, 6.07) is 8.10. The predicted molar refractivity (Wildman–Crippen MR) is 102 cm³/mol. The Bertz CT molecular complexity index is 1010. The maximum atomic E-state index is 12.3. The van der Waals surface area contributed by atoms with Gasteiger partial charge in [0.2, 0.25) is 10.0 Å². The third-order valence-electron chi connectivity index (χ3n) is 3.70.